The Hall–Kier alpha value is -0.510. The maximum Gasteiger partial charge on any atom is 0.173 e. The molecule has 0 saturated heterocycles. The van der Waals surface area contributed by atoms with Gasteiger partial charge < -0.3 is 0 Å². The van der Waals surface area contributed by atoms with Gasteiger partial charge in [-0.05, 0) is 22.9 Å². The molecule has 0 aliphatic carbocycles. The highest BCUT2D eigenvalue weighted by molar-refractivity contribution is 9.10. The Morgan fingerprint density at radius 3 is 2.27 bits per heavy atom. The van der Waals surface area contributed by atoms with Crippen molar-refractivity contribution in [3.8, 4) is 0 Å². The second kappa shape index (κ2) is 2.85. The molecule has 0 N–H and O–H groups in total. The molecule has 0 nitrogen and oxygen atoms in total. The molecule has 0 aliphatic rings. The molecule has 0 fully saturated rings. The Bertz CT molecular complexity index is 270. The van der Waals surface area contributed by atoms with Crippen molar-refractivity contribution in [3.63, 3.8) is 0 Å². The van der Waals surface area contributed by atoms with Crippen LogP contribution in [-0.4, -0.2) is 0 Å². The Labute approximate surface area is 70.2 Å². The van der Waals surface area contributed by atoms with Gasteiger partial charge in [-0.2, -0.15) is 0 Å². The highest BCUT2D eigenvalue weighted by Gasteiger charge is 2.12. The van der Waals surface area contributed by atoms with Crippen molar-refractivity contribution in [3.05, 3.63) is 33.6 Å². The molecule has 0 saturated carbocycles. The third kappa shape index (κ3) is 1.40. The molecule has 1 aromatic rings. The summed E-state index contributed by atoms with van der Waals surface area (Å²) in [6, 6.07) is 0.523. The smallest absolute Gasteiger partial charge is 0.173 e. The van der Waals surface area contributed by atoms with Crippen LogP contribution in [0.5, 0.6) is 0 Å². The van der Waals surface area contributed by atoms with E-state index in [-0.39, 0.29) is 10.0 Å². The quantitative estimate of drug-likeness (QED) is 0.469. The molecule has 0 atom stereocenters. The number of hydrogen-bond acceptors (Lipinski definition) is 0. The Kier molecular flexibility index (Phi) is 2.23. The third-order valence-electron chi connectivity index (χ3n) is 1.34. The third-order valence-corrected chi connectivity index (χ3v) is 2.29. The van der Waals surface area contributed by atoms with E-state index in [1.54, 1.807) is 0 Å². The van der Waals surface area contributed by atoms with Crippen LogP contribution in [0.3, 0.4) is 0 Å². The first-order valence-electron chi connectivity index (χ1n) is 2.83. The zero-order valence-corrected chi connectivity index (χ0v) is 7.18. The Morgan fingerprint density at radius 2 is 1.73 bits per heavy atom. The van der Waals surface area contributed by atoms with E-state index < -0.39 is 17.5 Å². The summed E-state index contributed by atoms with van der Waals surface area (Å²) in [5.74, 6) is -2.99. The topological polar surface area (TPSA) is 0 Å². The van der Waals surface area contributed by atoms with Crippen LogP contribution in [0.2, 0.25) is 0 Å². The molecule has 1 aromatic carbocycles. The van der Waals surface area contributed by atoms with Crippen LogP contribution in [0.15, 0.2) is 10.5 Å². The van der Waals surface area contributed by atoms with Gasteiger partial charge in [0.15, 0.2) is 11.6 Å². The lowest BCUT2D eigenvalue weighted by atomic mass is 10.2. The summed E-state index contributed by atoms with van der Waals surface area (Å²) in [6.07, 6.45) is 0. The van der Waals surface area contributed by atoms with E-state index >= 15 is 0 Å². The number of rotatable bonds is 0. The van der Waals surface area contributed by atoms with Crippen molar-refractivity contribution >= 4 is 15.9 Å². The molecule has 0 aliphatic heterocycles. The molecule has 60 valence electrons. The van der Waals surface area contributed by atoms with E-state index in [1.807, 2.05) is 0 Å². The van der Waals surface area contributed by atoms with Gasteiger partial charge in [0.25, 0.3) is 0 Å². The van der Waals surface area contributed by atoms with Gasteiger partial charge in [0.05, 0.1) is 4.47 Å². The fourth-order valence-corrected chi connectivity index (χ4v) is 1.04. The lowest BCUT2D eigenvalue weighted by Crippen LogP contribution is -1.92. The van der Waals surface area contributed by atoms with E-state index in [4.69, 9.17) is 0 Å². The molecule has 0 spiro atoms. The second-order valence-electron chi connectivity index (χ2n) is 2.09. The SMILES string of the molecule is Cc1c(F)cc(F)c(F)c1Br. The monoisotopic (exact) mass is 224 g/mol. The van der Waals surface area contributed by atoms with E-state index in [2.05, 4.69) is 15.9 Å². The van der Waals surface area contributed by atoms with Crippen LogP contribution in [-0.2, 0) is 0 Å². The van der Waals surface area contributed by atoms with Crippen molar-refractivity contribution in [1.82, 2.24) is 0 Å². The van der Waals surface area contributed by atoms with Crippen LogP contribution in [0.25, 0.3) is 0 Å². The Morgan fingerprint density at radius 1 is 1.18 bits per heavy atom. The summed E-state index contributed by atoms with van der Waals surface area (Å²) in [5.41, 5.74) is 0.0731. The van der Waals surface area contributed by atoms with Gasteiger partial charge in [-0.3, -0.25) is 0 Å². The molecule has 0 unspecified atom stereocenters. The second-order valence-corrected chi connectivity index (χ2v) is 2.89. The van der Waals surface area contributed by atoms with Crippen molar-refractivity contribution in [1.29, 1.82) is 0 Å². The minimum Gasteiger partial charge on any atom is -0.207 e. The normalized spacial score (nSPS) is 10.3. The fourth-order valence-electron chi connectivity index (χ4n) is 0.657. The first-order chi connectivity index (χ1) is 5.04. The molecule has 11 heavy (non-hydrogen) atoms. The van der Waals surface area contributed by atoms with Crippen LogP contribution in [0, 0.1) is 24.4 Å². The zero-order valence-electron chi connectivity index (χ0n) is 5.59. The van der Waals surface area contributed by atoms with Crippen molar-refractivity contribution in [2.24, 2.45) is 0 Å². The molecule has 0 bridgehead atoms. The molecule has 0 radical (unpaired) electrons. The predicted molar refractivity (Wildman–Crippen MR) is 38.8 cm³/mol. The summed E-state index contributed by atoms with van der Waals surface area (Å²) >= 11 is 2.73. The van der Waals surface area contributed by atoms with E-state index in [9.17, 15) is 13.2 Å². The highest BCUT2D eigenvalue weighted by atomic mass is 79.9. The lowest BCUT2D eigenvalue weighted by molar-refractivity contribution is 0.487. The van der Waals surface area contributed by atoms with Crippen LogP contribution >= 0.6 is 15.9 Å². The lowest BCUT2D eigenvalue weighted by Gasteiger charge is -2.01. The molecule has 0 aromatic heterocycles. The highest BCUT2D eigenvalue weighted by Crippen LogP contribution is 2.24. The minimum atomic E-state index is -1.18. The maximum atomic E-state index is 12.6. The summed E-state index contributed by atoms with van der Waals surface area (Å²) in [6.45, 7) is 1.36. The molecule has 1 rings (SSSR count). The van der Waals surface area contributed by atoms with Crippen molar-refractivity contribution in [2.75, 3.05) is 0 Å². The number of benzene rings is 1. The Balaban J connectivity index is 3.46. The summed E-state index contributed by atoms with van der Waals surface area (Å²) in [7, 11) is 0. The van der Waals surface area contributed by atoms with E-state index in [0.29, 0.717) is 6.07 Å². The summed E-state index contributed by atoms with van der Waals surface area (Å²) in [5, 5.41) is 0. The molecule has 0 heterocycles. The van der Waals surface area contributed by atoms with Gasteiger partial charge in [-0.15, -0.1) is 0 Å². The molecule has 4 heteroatoms. The minimum absolute atomic E-state index is 0.0731. The first kappa shape index (κ1) is 8.59. The number of hydrogen-bond donors (Lipinski definition) is 0. The predicted octanol–water partition coefficient (Wildman–Crippen LogP) is 3.17. The average molecular weight is 225 g/mol. The van der Waals surface area contributed by atoms with Crippen LogP contribution in [0.4, 0.5) is 13.2 Å². The van der Waals surface area contributed by atoms with Gasteiger partial charge in [-0.25, -0.2) is 13.2 Å². The largest absolute Gasteiger partial charge is 0.207 e. The zero-order chi connectivity index (χ0) is 8.59. The van der Waals surface area contributed by atoms with Gasteiger partial charge >= 0.3 is 0 Å². The van der Waals surface area contributed by atoms with Crippen LogP contribution in [0.1, 0.15) is 5.56 Å². The standard InChI is InChI=1S/C7H4BrF3/c1-3-4(9)2-5(10)7(11)6(3)8/h2H,1H3. The van der Waals surface area contributed by atoms with Gasteiger partial charge in [0.1, 0.15) is 5.82 Å². The summed E-state index contributed by atoms with van der Waals surface area (Å²) in [4.78, 5) is 0. The molecular weight excluding hydrogens is 221 g/mol. The van der Waals surface area contributed by atoms with Crippen molar-refractivity contribution in [2.45, 2.75) is 6.92 Å². The molecule has 0 amide bonds. The fraction of sp³-hybridized carbons (Fsp3) is 0.143. The van der Waals surface area contributed by atoms with E-state index in [1.165, 1.54) is 6.92 Å². The average Bonchev–Trinajstić information content (AvgIpc) is 1.97. The van der Waals surface area contributed by atoms with Crippen LogP contribution < -0.4 is 0 Å². The van der Waals surface area contributed by atoms with E-state index in [0.717, 1.165) is 0 Å². The van der Waals surface area contributed by atoms with Gasteiger partial charge in [-0.1, -0.05) is 0 Å². The van der Waals surface area contributed by atoms with Gasteiger partial charge in [0, 0.05) is 11.6 Å². The summed E-state index contributed by atoms with van der Waals surface area (Å²) < 4.78 is 37.4. The van der Waals surface area contributed by atoms with Gasteiger partial charge in [0.2, 0.25) is 0 Å². The molecular formula is C7H4BrF3. The first-order valence-corrected chi connectivity index (χ1v) is 3.63. The van der Waals surface area contributed by atoms with Crippen molar-refractivity contribution < 1.29 is 13.2 Å². The number of halogens is 4. The maximum absolute atomic E-state index is 12.6.